The maximum absolute atomic E-state index is 11.6. The molecule has 0 heterocycles. The van der Waals surface area contributed by atoms with Crippen LogP contribution >= 0.6 is 0 Å². The van der Waals surface area contributed by atoms with Gasteiger partial charge in [-0.2, -0.15) is 0 Å². The fraction of sp³-hybridized carbons (Fsp3) is 0.750. The topological polar surface area (TPSA) is 17.1 Å². The molecule has 0 aliphatic heterocycles. The molecule has 0 N–H and O–H groups in total. The molecule has 0 aromatic heterocycles. The van der Waals surface area contributed by atoms with Gasteiger partial charge in [0.1, 0.15) is 0 Å². The van der Waals surface area contributed by atoms with Gasteiger partial charge in [-0.15, -0.1) is 0 Å². The Morgan fingerprint density at radius 2 is 2.00 bits per heavy atom. The van der Waals surface area contributed by atoms with E-state index in [1.807, 2.05) is 6.92 Å². The quantitative estimate of drug-likeness (QED) is 0.637. The van der Waals surface area contributed by atoms with Crippen molar-refractivity contribution in [2.45, 2.75) is 47.0 Å². The highest BCUT2D eigenvalue weighted by Gasteiger charge is 2.25. The Kier molecular flexibility index (Phi) is 3.29. The largest absolute Gasteiger partial charge is 0.295 e. The summed E-state index contributed by atoms with van der Waals surface area (Å²) in [6.45, 7) is 8.56. The molecule has 0 radical (unpaired) electrons. The lowest BCUT2D eigenvalue weighted by Crippen LogP contribution is -2.21. The molecule has 0 saturated heterocycles. The molecular formula is C12H20O. The van der Waals surface area contributed by atoms with Crippen LogP contribution in [0.15, 0.2) is 11.1 Å². The summed E-state index contributed by atoms with van der Waals surface area (Å²) in [6, 6.07) is 0. The summed E-state index contributed by atoms with van der Waals surface area (Å²) in [5.74, 6) is 1.60. The Labute approximate surface area is 81.2 Å². The van der Waals surface area contributed by atoms with Crippen LogP contribution in [0.2, 0.25) is 0 Å². The highest BCUT2D eigenvalue weighted by molar-refractivity contribution is 5.96. The monoisotopic (exact) mass is 180 g/mol. The Bertz CT molecular complexity index is 236. The summed E-state index contributed by atoms with van der Waals surface area (Å²) in [5.41, 5.74) is 2.43. The van der Waals surface area contributed by atoms with E-state index in [0.29, 0.717) is 17.6 Å². The van der Waals surface area contributed by atoms with Gasteiger partial charge in [-0.1, -0.05) is 26.3 Å². The van der Waals surface area contributed by atoms with Crippen LogP contribution in [0, 0.1) is 11.8 Å². The number of carbonyl (C=O) groups is 1. The zero-order valence-corrected chi connectivity index (χ0v) is 9.18. The van der Waals surface area contributed by atoms with E-state index in [2.05, 4.69) is 20.8 Å². The van der Waals surface area contributed by atoms with E-state index in [1.165, 1.54) is 5.57 Å². The zero-order valence-electron chi connectivity index (χ0n) is 9.18. The van der Waals surface area contributed by atoms with E-state index in [9.17, 15) is 4.79 Å². The fourth-order valence-corrected chi connectivity index (χ4v) is 2.01. The van der Waals surface area contributed by atoms with Crippen LogP contribution in [0.25, 0.3) is 0 Å². The Balaban J connectivity index is 2.82. The lowest BCUT2D eigenvalue weighted by molar-refractivity contribution is -0.117. The molecule has 0 bridgehead atoms. The van der Waals surface area contributed by atoms with E-state index in [-0.39, 0.29) is 0 Å². The number of carbonyl (C=O) groups excluding carboxylic acids is 1. The summed E-state index contributed by atoms with van der Waals surface area (Å²) in [6.07, 6.45) is 2.96. The van der Waals surface area contributed by atoms with E-state index >= 15 is 0 Å². The second-order valence-corrected chi connectivity index (χ2v) is 4.42. The van der Waals surface area contributed by atoms with Gasteiger partial charge < -0.3 is 0 Å². The third kappa shape index (κ3) is 2.20. The molecule has 1 heteroatoms. The van der Waals surface area contributed by atoms with E-state index in [0.717, 1.165) is 24.8 Å². The molecule has 0 amide bonds. The first-order chi connectivity index (χ1) is 6.06. The van der Waals surface area contributed by atoms with Crippen LogP contribution in [-0.2, 0) is 4.79 Å². The summed E-state index contributed by atoms with van der Waals surface area (Å²) in [7, 11) is 0. The van der Waals surface area contributed by atoms with Crippen molar-refractivity contribution in [2.75, 3.05) is 0 Å². The van der Waals surface area contributed by atoms with Crippen molar-refractivity contribution in [3.63, 3.8) is 0 Å². The number of allylic oxidation sites excluding steroid dienone is 2. The number of ketones is 1. The minimum Gasteiger partial charge on any atom is -0.295 e. The first kappa shape index (κ1) is 10.5. The van der Waals surface area contributed by atoms with Gasteiger partial charge in [-0.3, -0.25) is 4.79 Å². The first-order valence-electron chi connectivity index (χ1n) is 5.28. The zero-order chi connectivity index (χ0) is 10.0. The summed E-state index contributed by atoms with van der Waals surface area (Å²) in [5, 5.41) is 0. The van der Waals surface area contributed by atoms with Gasteiger partial charge in [0.25, 0.3) is 0 Å². The lowest BCUT2D eigenvalue weighted by atomic mass is 9.77. The molecule has 1 atom stereocenters. The lowest BCUT2D eigenvalue weighted by Gasteiger charge is -2.27. The molecule has 0 saturated carbocycles. The number of rotatable bonds is 2. The third-order valence-electron chi connectivity index (χ3n) is 3.27. The van der Waals surface area contributed by atoms with E-state index < -0.39 is 0 Å². The average Bonchev–Trinajstić information content (AvgIpc) is 2.09. The number of Topliss-reactive ketones (excluding diaryl/α,β-unsaturated/α-hetero) is 1. The molecule has 1 rings (SSSR count). The van der Waals surface area contributed by atoms with Crippen LogP contribution in [0.4, 0.5) is 0 Å². The van der Waals surface area contributed by atoms with Gasteiger partial charge in [0.2, 0.25) is 0 Å². The molecule has 0 fully saturated rings. The van der Waals surface area contributed by atoms with Gasteiger partial charge in [0, 0.05) is 6.42 Å². The van der Waals surface area contributed by atoms with Crippen molar-refractivity contribution in [3.8, 4) is 0 Å². The molecule has 1 unspecified atom stereocenters. The van der Waals surface area contributed by atoms with Crippen molar-refractivity contribution in [1.29, 1.82) is 0 Å². The van der Waals surface area contributed by atoms with Gasteiger partial charge >= 0.3 is 0 Å². The number of hydrogen-bond acceptors (Lipinski definition) is 1. The second-order valence-electron chi connectivity index (χ2n) is 4.42. The number of hydrogen-bond donors (Lipinski definition) is 0. The molecule has 0 spiro atoms. The molecule has 1 aliphatic rings. The predicted molar refractivity (Wildman–Crippen MR) is 55.6 cm³/mol. The summed E-state index contributed by atoms with van der Waals surface area (Å²) >= 11 is 0. The van der Waals surface area contributed by atoms with Crippen molar-refractivity contribution in [2.24, 2.45) is 11.8 Å². The Morgan fingerprint density at radius 1 is 1.38 bits per heavy atom. The molecule has 1 aliphatic carbocycles. The maximum Gasteiger partial charge on any atom is 0.158 e. The van der Waals surface area contributed by atoms with Gasteiger partial charge in [-0.05, 0) is 37.2 Å². The highest BCUT2D eigenvalue weighted by atomic mass is 16.1. The molecule has 13 heavy (non-hydrogen) atoms. The SMILES string of the molecule is CCC1=C(C)C(=O)CC(C(C)C)C1. The standard InChI is InChI=1S/C12H20O/c1-5-10-6-11(8(2)3)7-12(13)9(10)4/h8,11H,5-7H2,1-4H3. The normalized spacial score (nSPS) is 24.4. The second kappa shape index (κ2) is 4.08. The summed E-state index contributed by atoms with van der Waals surface area (Å²) in [4.78, 5) is 11.6. The van der Waals surface area contributed by atoms with Gasteiger partial charge in [0.15, 0.2) is 5.78 Å². The molecule has 74 valence electrons. The van der Waals surface area contributed by atoms with E-state index in [1.54, 1.807) is 0 Å². The molecule has 0 aromatic carbocycles. The van der Waals surface area contributed by atoms with Crippen molar-refractivity contribution in [1.82, 2.24) is 0 Å². The van der Waals surface area contributed by atoms with Crippen molar-refractivity contribution < 1.29 is 4.79 Å². The van der Waals surface area contributed by atoms with E-state index in [4.69, 9.17) is 0 Å². The van der Waals surface area contributed by atoms with Crippen LogP contribution < -0.4 is 0 Å². The minimum atomic E-state index is 0.377. The summed E-state index contributed by atoms with van der Waals surface area (Å²) < 4.78 is 0. The van der Waals surface area contributed by atoms with Gasteiger partial charge in [-0.25, -0.2) is 0 Å². The molecular weight excluding hydrogens is 160 g/mol. The van der Waals surface area contributed by atoms with Crippen LogP contribution in [0.5, 0.6) is 0 Å². The van der Waals surface area contributed by atoms with Crippen LogP contribution in [0.3, 0.4) is 0 Å². The van der Waals surface area contributed by atoms with Crippen molar-refractivity contribution in [3.05, 3.63) is 11.1 Å². The van der Waals surface area contributed by atoms with Crippen LogP contribution in [-0.4, -0.2) is 5.78 Å². The first-order valence-corrected chi connectivity index (χ1v) is 5.28. The molecule has 0 aromatic rings. The Hall–Kier alpha value is -0.590. The average molecular weight is 180 g/mol. The molecule has 1 nitrogen and oxygen atoms in total. The maximum atomic E-state index is 11.6. The highest BCUT2D eigenvalue weighted by Crippen LogP contribution is 2.32. The Morgan fingerprint density at radius 3 is 2.46 bits per heavy atom. The van der Waals surface area contributed by atoms with Crippen LogP contribution in [0.1, 0.15) is 47.0 Å². The predicted octanol–water partition coefficient (Wildman–Crippen LogP) is 3.35. The van der Waals surface area contributed by atoms with Crippen molar-refractivity contribution >= 4 is 5.78 Å². The fourth-order valence-electron chi connectivity index (χ4n) is 2.01. The smallest absolute Gasteiger partial charge is 0.158 e. The minimum absolute atomic E-state index is 0.377. The van der Waals surface area contributed by atoms with Gasteiger partial charge in [0.05, 0.1) is 0 Å². The third-order valence-corrected chi connectivity index (χ3v) is 3.27.